The molecule has 3 rings (SSSR count). The molecule has 1 amide bonds. The monoisotopic (exact) mass is 435 g/mol. The molecule has 2 aliphatic rings. The van der Waals surface area contributed by atoms with E-state index in [2.05, 4.69) is 0 Å². The molecule has 1 aromatic rings. The summed E-state index contributed by atoms with van der Waals surface area (Å²) in [6.07, 6.45) is 8.08. The number of carboxylic acid groups (broad SMARTS) is 1. The van der Waals surface area contributed by atoms with Crippen molar-refractivity contribution in [3.8, 4) is 0 Å². The Hall–Kier alpha value is -1.65. The van der Waals surface area contributed by atoms with Crippen molar-refractivity contribution >= 4 is 19.2 Å². The molecule has 0 radical (unpaired) electrons. The van der Waals surface area contributed by atoms with E-state index in [-0.39, 0.29) is 12.1 Å². The van der Waals surface area contributed by atoms with Gasteiger partial charge in [-0.2, -0.15) is 0 Å². The standard InChI is InChI=1S/C23H34NO5P/c25-22(17-30(28,29)14-8-7-11-18-9-3-1-4-10-18)24-16-20(15-21(24)23(26)27)19-12-5-2-6-13-19/h1,3-4,9-10,19-21H,2,5-8,11-17H2,(H,26,27)(H,28,29)/t20?,21-/m0/s1. The Labute approximate surface area is 179 Å². The summed E-state index contributed by atoms with van der Waals surface area (Å²) in [6.45, 7) is 0.411. The van der Waals surface area contributed by atoms with Gasteiger partial charge in [-0.25, -0.2) is 4.79 Å². The molecule has 1 aliphatic carbocycles. The van der Waals surface area contributed by atoms with Gasteiger partial charge in [0.15, 0.2) is 0 Å². The molecule has 2 N–H and O–H groups in total. The number of likely N-dealkylation sites (tertiary alicyclic amines) is 1. The van der Waals surface area contributed by atoms with Crippen molar-refractivity contribution in [2.24, 2.45) is 11.8 Å². The number of carbonyl (C=O) groups excluding carboxylic acids is 1. The number of carboxylic acids is 1. The van der Waals surface area contributed by atoms with E-state index in [1.807, 2.05) is 30.3 Å². The van der Waals surface area contributed by atoms with Gasteiger partial charge in [-0.1, -0.05) is 62.4 Å². The number of unbranched alkanes of at least 4 members (excludes halogenated alkanes) is 1. The molecule has 2 fully saturated rings. The third-order valence-corrected chi connectivity index (χ3v) is 8.48. The molecule has 0 spiro atoms. The first-order valence-corrected chi connectivity index (χ1v) is 13.3. The quantitative estimate of drug-likeness (QED) is 0.449. The van der Waals surface area contributed by atoms with Gasteiger partial charge < -0.3 is 14.9 Å². The lowest BCUT2D eigenvalue weighted by atomic mass is 9.79. The van der Waals surface area contributed by atoms with E-state index < -0.39 is 31.4 Å². The normalized spacial score (nSPS) is 24.5. The SMILES string of the molecule is O=C(O)[C@@H]1CC(C2CCCCC2)CN1C(=O)CP(=O)(O)CCCCc1ccccc1. The van der Waals surface area contributed by atoms with Crippen LogP contribution in [0.4, 0.5) is 0 Å². The Bertz CT molecular complexity index is 762. The van der Waals surface area contributed by atoms with Crippen molar-refractivity contribution in [3.05, 3.63) is 35.9 Å². The Kier molecular flexibility index (Phi) is 8.13. The zero-order valence-corrected chi connectivity index (χ0v) is 18.5. The highest BCUT2D eigenvalue weighted by Crippen LogP contribution is 2.43. The summed E-state index contributed by atoms with van der Waals surface area (Å²) in [6, 6.07) is 9.11. The summed E-state index contributed by atoms with van der Waals surface area (Å²) in [4.78, 5) is 36.2. The van der Waals surface area contributed by atoms with Gasteiger partial charge >= 0.3 is 5.97 Å². The van der Waals surface area contributed by atoms with Crippen molar-refractivity contribution in [3.63, 3.8) is 0 Å². The highest BCUT2D eigenvalue weighted by atomic mass is 31.2. The van der Waals surface area contributed by atoms with Crippen molar-refractivity contribution < 1.29 is 24.2 Å². The summed E-state index contributed by atoms with van der Waals surface area (Å²) in [7, 11) is -3.62. The molecule has 1 saturated heterocycles. The highest BCUT2D eigenvalue weighted by molar-refractivity contribution is 7.58. The minimum Gasteiger partial charge on any atom is -0.480 e. The predicted octanol–water partition coefficient (Wildman–Crippen LogP) is 4.16. The van der Waals surface area contributed by atoms with Crippen molar-refractivity contribution in [1.82, 2.24) is 4.90 Å². The molecule has 6 nitrogen and oxygen atoms in total. The third kappa shape index (κ3) is 6.42. The van der Waals surface area contributed by atoms with Gasteiger partial charge in [0, 0.05) is 12.7 Å². The second-order valence-corrected chi connectivity index (χ2v) is 11.4. The maximum Gasteiger partial charge on any atom is 0.326 e. The molecule has 1 heterocycles. The number of aliphatic carboxylic acids is 1. The smallest absolute Gasteiger partial charge is 0.326 e. The fourth-order valence-electron chi connectivity index (χ4n) is 5.04. The fraction of sp³-hybridized carbons (Fsp3) is 0.652. The third-order valence-electron chi connectivity index (χ3n) is 6.70. The number of nitrogens with zero attached hydrogens (tertiary/aromatic N) is 1. The Morgan fingerprint density at radius 3 is 2.40 bits per heavy atom. The summed E-state index contributed by atoms with van der Waals surface area (Å²) in [5.74, 6) is -0.816. The average Bonchev–Trinajstić information content (AvgIpc) is 3.19. The van der Waals surface area contributed by atoms with Gasteiger partial charge in [0.05, 0.1) is 0 Å². The number of rotatable bonds is 9. The van der Waals surface area contributed by atoms with Gasteiger partial charge in [0.2, 0.25) is 13.3 Å². The molecule has 0 aromatic heterocycles. The minimum atomic E-state index is -3.62. The van der Waals surface area contributed by atoms with Crippen LogP contribution >= 0.6 is 7.37 Å². The summed E-state index contributed by atoms with van der Waals surface area (Å²) >= 11 is 0. The number of hydrogen-bond acceptors (Lipinski definition) is 3. The van der Waals surface area contributed by atoms with Crippen molar-refractivity contribution in [1.29, 1.82) is 0 Å². The molecule has 30 heavy (non-hydrogen) atoms. The number of carbonyl (C=O) groups is 2. The molecular weight excluding hydrogens is 401 g/mol. The molecule has 166 valence electrons. The molecule has 3 atom stereocenters. The molecular formula is C23H34NO5P. The van der Waals surface area contributed by atoms with E-state index in [4.69, 9.17) is 0 Å². The number of aryl methyl sites for hydroxylation is 1. The van der Waals surface area contributed by atoms with E-state index in [1.54, 1.807) is 0 Å². The molecule has 0 bridgehead atoms. The van der Waals surface area contributed by atoms with Gasteiger partial charge in [0.25, 0.3) is 0 Å². The van der Waals surface area contributed by atoms with Crippen LogP contribution in [0.2, 0.25) is 0 Å². The minimum absolute atomic E-state index is 0.100. The first-order chi connectivity index (χ1) is 14.4. The number of benzene rings is 1. The first-order valence-electron chi connectivity index (χ1n) is 11.2. The maximum absolute atomic E-state index is 12.8. The largest absolute Gasteiger partial charge is 0.480 e. The highest BCUT2D eigenvalue weighted by Gasteiger charge is 2.43. The second-order valence-electron chi connectivity index (χ2n) is 8.96. The van der Waals surface area contributed by atoms with Crippen molar-refractivity contribution in [2.45, 2.75) is 63.8 Å². The van der Waals surface area contributed by atoms with Crippen LogP contribution in [0, 0.1) is 11.8 Å². The lowest BCUT2D eigenvalue weighted by Crippen LogP contribution is -2.42. The van der Waals surface area contributed by atoms with Gasteiger partial charge in [-0.05, 0) is 43.1 Å². The number of amides is 1. The Balaban J connectivity index is 1.50. The first kappa shape index (κ1) is 23.0. The van der Waals surface area contributed by atoms with Crippen molar-refractivity contribution in [2.75, 3.05) is 18.9 Å². The molecule has 1 saturated carbocycles. The average molecular weight is 436 g/mol. The Morgan fingerprint density at radius 2 is 1.73 bits per heavy atom. The molecule has 7 heteroatoms. The van der Waals surface area contributed by atoms with E-state index in [1.165, 1.54) is 29.7 Å². The van der Waals surface area contributed by atoms with Crippen LogP contribution in [0.5, 0.6) is 0 Å². The Morgan fingerprint density at radius 1 is 1.03 bits per heavy atom. The van der Waals surface area contributed by atoms with E-state index >= 15 is 0 Å². The zero-order chi connectivity index (χ0) is 21.6. The summed E-state index contributed by atoms with van der Waals surface area (Å²) in [5, 5.41) is 9.60. The molecule has 1 aliphatic heterocycles. The fourth-order valence-corrected chi connectivity index (χ4v) is 6.52. The van der Waals surface area contributed by atoms with Gasteiger partial charge in [-0.15, -0.1) is 0 Å². The van der Waals surface area contributed by atoms with E-state index in [9.17, 15) is 24.2 Å². The maximum atomic E-state index is 12.8. The van der Waals surface area contributed by atoms with E-state index in [0.29, 0.717) is 25.3 Å². The lowest BCUT2D eigenvalue weighted by Gasteiger charge is -2.27. The van der Waals surface area contributed by atoms with Crippen LogP contribution in [0.25, 0.3) is 0 Å². The van der Waals surface area contributed by atoms with E-state index in [0.717, 1.165) is 25.7 Å². The molecule has 1 aromatic carbocycles. The predicted molar refractivity (Wildman–Crippen MR) is 117 cm³/mol. The summed E-state index contributed by atoms with van der Waals surface area (Å²) < 4.78 is 12.6. The zero-order valence-electron chi connectivity index (χ0n) is 17.6. The van der Waals surface area contributed by atoms with Crippen LogP contribution in [0.1, 0.15) is 56.9 Å². The van der Waals surface area contributed by atoms with Crippen LogP contribution in [0.3, 0.4) is 0 Å². The number of hydrogen-bond donors (Lipinski definition) is 2. The molecule has 2 unspecified atom stereocenters. The lowest BCUT2D eigenvalue weighted by molar-refractivity contribution is -0.147. The van der Waals surface area contributed by atoms with Crippen LogP contribution in [0.15, 0.2) is 30.3 Å². The van der Waals surface area contributed by atoms with Crippen LogP contribution < -0.4 is 0 Å². The van der Waals surface area contributed by atoms with Crippen LogP contribution in [-0.4, -0.2) is 51.7 Å². The second kappa shape index (κ2) is 10.6. The van der Waals surface area contributed by atoms with Gasteiger partial charge in [0.1, 0.15) is 12.2 Å². The summed E-state index contributed by atoms with van der Waals surface area (Å²) in [5.41, 5.74) is 1.19. The van der Waals surface area contributed by atoms with Gasteiger partial charge in [-0.3, -0.25) is 9.36 Å². The van der Waals surface area contributed by atoms with Crippen LogP contribution in [-0.2, 0) is 20.6 Å². The topological polar surface area (TPSA) is 94.9 Å².